The number of hydrogen-bond donors (Lipinski definition) is 2. The van der Waals surface area contributed by atoms with E-state index >= 15 is 0 Å². The lowest BCUT2D eigenvalue weighted by Crippen LogP contribution is -2.85. The number of benzene rings is 2. The quantitative estimate of drug-likeness (QED) is 0.528. The van der Waals surface area contributed by atoms with Crippen molar-refractivity contribution in [3.63, 3.8) is 0 Å². The van der Waals surface area contributed by atoms with Gasteiger partial charge >= 0.3 is 5.69 Å². The molecule has 0 aliphatic heterocycles. The van der Waals surface area contributed by atoms with Crippen molar-refractivity contribution in [3.8, 4) is 11.5 Å². The molecule has 0 aromatic heterocycles. The van der Waals surface area contributed by atoms with Crippen LogP contribution < -0.4 is 14.8 Å². The number of quaternary nitrogens is 1. The zero-order chi connectivity index (χ0) is 18.2. The van der Waals surface area contributed by atoms with Crippen LogP contribution in [-0.4, -0.2) is 36.4 Å². The van der Waals surface area contributed by atoms with E-state index in [1.165, 1.54) is 6.07 Å². The average Bonchev–Trinajstić information content (AvgIpc) is 2.61. The number of nitrogens with zero attached hydrogens (tertiary/aromatic N) is 1. The van der Waals surface area contributed by atoms with Crippen molar-refractivity contribution in [2.75, 3.05) is 20.3 Å². The summed E-state index contributed by atoms with van der Waals surface area (Å²) in [6.07, 6.45) is -0.723. The first-order chi connectivity index (χ1) is 12.0. The van der Waals surface area contributed by atoms with Crippen LogP contribution in [0, 0.1) is 17.0 Å². The molecule has 2 rings (SSSR count). The van der Waals surface area contributed by atoms with Gasteiger partial charge in [-0.25, -0.2) is 0 Å². The molecule has 0 radical (unpaired) electrons. The molecule has 0 spiro atoms. The largest absolute Gasteiger partial charge is 0.497 e. The Morgan fingerprint density at radius 1 is 1.24 bits per heavy atom. The molecule has 0 fully saturated rings. The summed E-state index contributed by atoms with van der Waals surface area (Å²) in [5, 5.41) is 23.0. The van der Waals surface area contributed by atoms with Gasteiger partial charge in [0.2, 0.25) is 0 Å². The van der Waals surface area contributed by atoms with Gasteiger partial charge in [0.25, 0.3) is 0 Å². The maximum atomic E-state index is 11.0. The molecule has 2 aromatic carbocycles. The summed E-state index contributed by atoms with van der Waals surface area (Å²) in [6, 6.07) is 12.5. The van der Waals surface area contributed by atoms with E-state index in [4.69, 9.17) is 9.47 Å². The summed E-state index contributed by atoms with van der Waals surface area (Å²) in [6.45, 7) is 2.93. The normalized spacial score (nSPS) is 11.8. The molecule has 0 saturated carbocycles. The lowest BCUT2D eigenvalue weighted by Gasteiger charge is -2.12. The Bertz CT molecular complexity index is 703. The molecule has 25 heavy (non-hydrogen) atoms. The van der Waals surface area contributed by atoms with Crippen LogP contribution in [0.3, 0.4) is 0 Å². The summed E-state index contributed by atoms with van der Waals surface area (Å²) in [4.78, 5) is 10.6. The van der Waals surface area contributed by atoms with E-state index in [0.29, 0.717) is 13.1 Å². The highest BCUT2D eigenvalue weighted by Gasteiger charge is 2.17. The van der Waals surface area contributed by atoms with Gasteiger partial charge < -0.3 is 19.9 Å². The van der Waals surface area contributed by atoms with Gasteiger partial charge in [-0.05, 0) is 42.8 Å². The lowest BCUT2D eigenvalue weighted by atomic mass is 10.2. The minimum atomic E-state index is -0.723. The van der Waals surface area contributed by atoms with E-state index < -0.39 is 11.0 Å². The van der Waals surface area contributed by atoms with Crippen LogP contribution in [0.4, 0.5) is 5.69 Å². The van der Waals surface area contributed by atoms with Crippen molar-refractivity contribution in [3.05, 3.63) is 63.7 Å². The first-order valence-corrected chi connectivity index (χ1v) is 8.00. The molecule has 134 valence electrons. The molecule has 0 aliphatic carbocycles. The Balaban J connectivity index is 1.79. The second kappa shape index (κ2) is 9.00. The third-order valence-electron chi connectivity index (χ3n) is 3.72. The summed E-state index contributed by atoms with van der Waals surface area (Å²) < 4.78 is 10.5. The molecule has 3 N–H and O–H groups in total. The highest BCUT2D eigenvalue weighted by Crippen LogP contribution is 2.27. The fourth-order valence-corrected chi connectivity index (χ4v) is 2.35. The number of hydrogen-bond acceptors (Lipinski definition) is 5. The Labute approximate surface area is 146 Å². The molecule has 1 atom stereocenters. The second-order valence-electron chi connectivity index (χ2n) is 5.77. The van der Waals surface area contributed by atoms with E-state index in [9.17, 15) is 15.2 Å². The van der Waals surface area contributed by atoms with Crippen molar-refractivity contribution in [2.24, 2.45) is 0 Å². The zero-order valence-corrected chi connectivity index (χ0v) is 14.3. The molecule has 2 aromatic rings. The molecule has 0 aliphatic rings. The number of aliphatic hydroxyl groups is 1. The fourth-order valence-electron chi connectivity index (χ4n) is 2.35. The minimum Gasteiger partial charge on any atom is -0.497 e. The number of nitro benzene ring substituents is 1. The second-order valence-corrected chi connectivity index (χ2v) is 5.77. The smallest absolute Gasteiger partial charge is 0.311 e. The van der Waals surface area contributed by atoms with Gasteiger partial charge in [0, 0.05) is 11.6 Å². The number of nitrogens with two attached hydrogens (primary N) is 1. The molecule has 0 heterocycles. The van der Waals surface area contributed by atoms with Crippen molar-refractivity contribution in [1.82, 2.24) is 0 Å². The van der Waals surface area contributed by atoms with Gasteiger partial charge in [0.15, 0.2) is 5.75 Å². The van der Waals surface area contributed by atoms with Crippen LogP contribution in [0.1, 0.15) is 11.1 Å². The van der Waals surface area contributed by atoms with Crippen LogP contribution >= 0.6 is 0 Å². The van der Waals surface area contributed by atoms with Crippen molar-refractivity contribution < 1.29 is 24.8 Å². The fraction of sp³-hybridized carbons (Fsp3) is 0.333. The Kier molecular flexibility index (Phi) is 6.73. The van der Waals surface area contributed by atoms with Gasteiger partial charge in [-0.15, -0.1) is 0 Å². The molecular formula is C18H23N2O5+. The van der Waals surface area contributed by atoms with E-state index in [2.05, 4.69) is 0 Å². The number of nitro groups is 1. The van der Waals surface area contributed by atoms with Gasteiger partial charge in [-0.2, -0.15) is 0 Å². The maximum Gasteiger partial charge on any atom is 0.311 e. The summed E-state index contributed by atoms with van der Waals surface area (Å²) in [5.41, 5.74) is 1.81. The monoisotopic (exact) mass is 347 g/mol. The predicted molar refractivity (Wildman–Crippen MR) is 92.8 cm³/mol. The summed E-state index contributed by atoms with van der Waals surface area (Å²) >= 11 is 0. The molecule has 0 amide bonds. The summed E-state index contributed by atoms with van der Waals surface area (Å²) in [5.74, 6) is 0.974. The lowest BCUT2D eigenvalue weighted by molar-refractivity contribution is -0.676. The van der Waals surface area contributed by atoms with E-state index in [1.807, 2.05) is 29.6 Å². The van der Waals surface area contributed by atoms with Gasteiger partial charge in [-0.3, -0.25) is 10.1 Å². The standard InChI is InChI=1S/C18H22N2O5/c1-13-3-8-18(17(9-13)20(22)23)25-12-15(21)11-19-10-14-4-6-16(24-2)7-5-14/h3-9,15,19,21H,10-12H2,1-2H3/p+1/t15-/m1/s1. The zero-order valence-electron chi connectivity index (χ0n) is 14.3. The van der Waals surface area contributed by atoms with Crippen LogP contribution in [0.15, 0.2) is 42.5 Å². The highest BCUT2D eigenvalue weighted by molar-refractivity contribution is 5.48. The number of ether oxygens (including phenoxy) is 2. The third-order valence-corrected chi connectivity index (χ3v) is 3.72. The van der Waals surface area contributed by atoms with Crippen molar-refractivity contribution >= 4 is 5.69 Å². The Morgan fingerprint density at radius 2 is 1.96 bits per heavy atom. The van der Waals surface area contributed by atoms with Gasteiger partial charge in [0.05, 0.1) is 12.0 Å². The van der Waals surface area contributed by atoms with E-state index in [0.717, 1.165) is 16.9 Å². The number of aliphatic hydroxyl groups excluding tert-OH is 1. The Morgan fingerprint density at radius 3 is 2.60 bits per heavy atom. The maximum absolute atomic E-state index is 11.0. The highest BCUT2D eigenvalue weighted by atomic mass is 16.6. The van der Waals surface area contributed by atoms with Crippen LogP contribution in [-0.2, 0) is 6.54 Å². The van der Waals surface area contributed by atoms with Crippen LogP contribution in [0.5, 0.6) is 11.5 Å². The molecule has 7 heteroatoms. The number of aryl methyl sites for hydroxylation is 1. The van der Waals surface area contributed by atoms with Crippen LogP contribution in [0.2, 0.25) is 0 Å². The molecule has 0 bridgehead atoms. The SMILES string of the molecule is COc1ccc(C[NH2+]C[C@@H](O)COc2ccc(C)cc2[N+](=O)[O-])cc1. The third kappa shape index (κ3) is 5.74. The molecular weight excluding hydrogens is 324 g/mol. The minimum absolute atomic E-state index is 0.00299. The summed E-state index contributed by atoms with van der Waals surface area (Å²) in [7, 11) is 1.62. The molecule has 7 nitrogen and oxygen atoms in total. The number of rotatable bonds is 9. The average molecular weight is 347 g/mol. The predicted octanol–water partition coefficient (Wildman–Crippen LogP) is 1.42. The number of methoxy groups -OCH3 is 1. The van der Waals surface area contributed by atoms with Crippen molar-refractivity contribution in [2.45, 2.75) is 19.6 Å². The van der Waals surface area contributed by atoms with Crippen molar-refractivity contribution in [1.29, 1.82) is 0 Å². The van der Waals surface area contributed by atoms with Gasteiger partial charge in [0.1, 0.15) is 31.5 Å². The van der Waals surface area contributed by atoms with Crippen LogP contribution in [0.25, 0.3) is 0 Å². The molecule has 0 unspecified atom stereocenters. The first-order valence-electron chi connectivity index (χ1n) is 8.00. The molecule has 0 saturated heterocycles. The van der Waals surface area contributed by atoms with E-state index in [-0.39, 0.29) is 18.0 Å². The topological polar surface area (TPSA) is 98.4 Å². The van der Waals surface area contributed by atoms with Gasteiger partial charge in [-0.1, -0.05) is 6.07 Å². The first kappa shape index (κ1) is 18.7. The van der Waals surface area contributed by atoms with E-state index in [1.54, 1.807) is 26.2 Å². The Hall–Kier alpha value is -2.64.